The third-order valence-corrected chi connectivity index (χ3v) is 5.01. The Morgan fingerprint density at radius 2 is 2.00 bits per heavy atom. The Labute approximate surface area is 170 Å². The molecule has 1 aromatic heterocycles. The lowest BCUT2D eigenvalue weighted by atomic mass is 10.1. The Morgan fingerprint density at radius 1 is 1.30 bits per heavy atom. The second-order valence-electron chi connectivity index (χ2n) is 6.68. The van der Waals surface area contributed by atoms with E-state index >= 15 is 0 Å². The van der Waals surface area contributed by atoms with Crippen molar-refractivity contribution in [3.05, 3.63) is 34.3 Å². The second kappa shape index (κ2) is 11.1. The summed E-state index contributed by atoms with van der Waals surface area (Å²) in [6, 6.07) is 0. The van der Waals surface area contributed by atoms with Crippen LogP contribution in [0.3, 0.4) is 0 Å². The molecule has 0 bridgehead atoms. The van der Waals surface area contributed by atoms with Crippen molar-refractivity contribution in [3.8, 4) is 5.19 Å². The molecule has 0 fully saturated rings. The summed E-state index contributed by atoms with van der Waals surface area (Å²) in [6.45, 7) is 12.0. The van der Waals surface area contributed by atoms with E-state index in [1.54, 1.807) is 32.5 Å². The number of thioether (sulfide) groups is 1. The molecular formula is C19H29N3O3S2. The Bertz CT molecular complexity index is 716. The van der Waals surface area contributed by atoms with Crippen LogP contribution in [0.5, 0.6) is 5.19 Å². The number of ether oxygens (including phenoxy) is 2. The molecule has 8 heteroatoms. The highest BCUT2D eigenvalue weighted by Crippen LogP contribution is 2.24. The van der Waals surface area contributed by atoms with Crippen LogP contribution in [-0.4, -0.2) is 34.8 Å². The van der Waals surface area contributed by atoms with Gasteiger partial charge in [-0.1, -0.05) is 29.7 Å². The maximum atomic E-state index is 11.8. The fourth-order valence-electron chi connectivity index (χ4n) is 1.85. The molecular weight excluding hydrogens is 382 g/mol. The van der Waals surface area contributed by atoms with Crippen LogP contribution in [-0.2, 0) is 4.74 Å². The fourth-order valence-corrected chi connectivity index (χ4v) is 2.88. The van der Waals surface area contributed by atoms with Gasteiger partial charge in [-0.25, -0.2) is 4.79 Å². The van der Waals surface area contributed by atoms with Crippen LogP contribution in [0.2, 0.25) is 0 Å². The highest BCUT2D eigenvalue weighted by atomic mass is 32.2. The molecule has 0 aromatic carbocycles. The van der Waals surface area contributed by atoms with Crippen LogP contribution in [0.25, 0.3) is 0 Å². The number of hydrogen-bond donors (Lipinski definition) is 1. The topological polar surface area (TPSA) is 73.3 Å². The molecule has 1 heterocycles. The number of rotatable bonds is 8. The lowest BCUT2D eigenvalue weighted by Gasteiger charge is -2.18. The zero-order valence-electron chi connectivity index (χ0n) is 17.1. The second-order valence-corrected chi connectivity index (χ2v) is 8.50. The predicted octanol–water partition coefficient (Wildman–Crippen LogP) is 5.81. The van der Waals surface area contributed by atoms with Crippen LogP contribution in [0, 0.1) is 0 Å². The normalized spacial score (nSPS) is 13.5. The molecule has 27 heavy (non-hydrogen) atoms. The van der Waals surface area contributed by atoms with Crippen molar-refractivity contribution in [2.75, 3.05) is 18.2 Å². The quantitative estimate of drug-likeness (QED) is 0.544. The summed E-state index contributed by atoms with van der Waals surface area (Å²) in [4.78, 5) is 13.0. The van der Waals surface area contributed by atoms with Gasteiger partial charge in [0.1, 0.15) is 12.2 Å². The summed E-state index contributed by atoms with van der Waals surface area (Å²) >= 11 is 2.86. The zero-order valence-corrected chi connectivity index (χ0v) is 18.7. The first-order valence-electron chi connectivity index (χ1n) is 8.71. The standard InChI is InChI=1S/C19H29N3O3S2/c1-8-13(3)14(10-11-15(9-2)26-7)12-24-18-22-21-16(27-18)20-17(23)25-19(4,5)6/h9-11H,8,12H2,1-7H3,(H,20,21,23)/b11-10-,14-13+,15-9+. The number of carbonyl (C=O) groups excluding carboxylic acids is 1. The van der Waals surface area contributed by atoms with Crippen LogP contribution in [0.1, 0.15) is 48.0 Å². The molecule has 150 valence electrons. The molecule has 6 nitrogen and oxygen atoms in total. The first-order chi connectivity index (χ1) is 12.7. The van der Waals surface area contributed by atoms with Gasteiger partial charge in [0.25, 0.3) is 5.19 Å². The predicted molar refractivity (Wildman–Crippen MR) is 115 cm³/mol. The van der Waals surface area contributed by atoms with Gasteiger partial charge in [0.15, 0.2) is 0 Å². The average molecular weight is 412 g/mol. The maximum Gasteiger partial charge on any atom is 0.414 e. The summed E-state index contributed by atoms with van der Waals surface area (Å²) < 4.78 is 11.0. The van der Waals surface area contributed by atoms with Gasteiger partial charge in [-0.3, -0.25) is 5.32 Å². The monoisotopic (exact) mass is 411 g/mol. The largest absolute Gasteiger partial charge is 0.464 e. The first-order valence-corrected chi connectivity index (χ1v) is 10.8. The Hall–Kier alpha value is -1.80. The lowest BCUT2D eigenvalue weighted by Crippen LogP contribution is -2.27. The van der Waals surface area contributed by atoms with Crippen LogP contribution in [0.4, 0.5) is 9.93 Å². The van der Waals surface area contributed by atoms with Gasteiger partial charge in [0.05, 0.1) is 0 Å². The molecule has 0 atom stereocenters. The SMILES string of the molecule is C\C=C(/C=C\C(COc1nnc(NC(=O)OC(C)(C)C)s1)=C(\C)CC)SC. The summed E-state index contributed by atoms with van der Waals surface area (Å²) in [7, 11) is 0. The highest BCUT2D eigenvalue weighted by Gasteiger charge is 2.18. The smallest absolute Gasteiger partial charge is 0.414 e. The Balaban J connectivity index is 2.72. The van der Waals surface area contributed by atoms with Crippen molar-refractivity contribution in [1.82, 2.24) is 10.2 Å². The number of aromatic nitrogens is 2. The first kappa shape index (κ1) is 23.2. The molecule has 0 saturated carbocycles. The minimum absolute atomic E-state index is 0.339. The van der Waals surface area contributed by atoms with Crippen LogP contribution in [0.15, 0.2) is 34.3 Å². The van der Waals surface area contributed by atoms with Gasteiger partial charge >= 0.3 is 6.09 Å². The summed E-state index contributed by atoms with van der Waals surface area (Å²) in [5.41, 5.74) is 1.78. The van der Waals surface area contributed by atoms with Gasteiger partial charge in [0.2, 0.25) is 5.13 Å². The average Bonchev–Trinajstić information content (AvgIpc) is 3.03. The van der Waals surface area contributed by atoms with E-state index in [0.717, 1.165) is 23.3 Å². The molecule has 1 amide bonds. The van der Waals surface area contributed by atoms with E-state index in [4.69, 9.17) is 9.47 Å². The number of nitrogens with one attached hydrogen (secondary N) is 1. The molecule has 0 aliphatic rings. The molecule has 0 aliphatic carbocycles. The zero-order chi connectivity index (χ0) is 20.4. The Morgan fingerprint density at radius 3 is 2.56 bits per heavy atom. The third-order valence-electron chi connectivity index (χ3n) is 3.41. The third kappa shape index (κ3) is 9.10. The van der Waals surface area contributed by atoms with E-state index < -0.39 is 11.7 Å². The van der Waals surface area contributed by atoms with Gasteiger partial charge in [-0.05, 0) is 70.3 Å². The number of hydrogen-bond acceptors (Lipinski definition) is 7. The Kier molecular flexibility index (Phi) is 9.59. The molecule has 0 unspecified atom stereocenters. The van der Waals surface area contributed by atoms with E-state index in [2.05, 4.69) is 47.6 Å². The van der Waals surface area contributed by atoms with Gasteiger partial charge in [-0.2, -0.15) is 0 Å². The van der Waals surface area contributed by atoms with Gasteiger partial charge in [0, 0.05) is 4.91 Å². The van der Waals surface area contributed by atoms with Crippen molar-refractivity contribution in [2.45, 2.75) is 53.6 Å². The van der Waals surface area contributed by atoms with Crippen molar-refractivity contribution in [1.29, 1.82) is 0 Å². The van der Waals surface area contributed by atoms with Crippen LogP contribution < -0.4 is 10.1 Å². The molecule has 0 radical (unpaired) electrons. The van der Waals surface area contributed by atoms with Crippen molar-refractivity contribution >= 4 is 34.3 Å². The molecule has 1 rings (SSSR count). The van der Waals surface area contributed by atoms with E-state index in [0.29, 0.717) is 16.9 Å². The number of amides is 1. The fraction of sp³-hybridized carbons (Fsp3) is 0.526. The summed E-state index contributed by atoms with van der Waals surface area (Å²) in [5.74, 6) is 0. The molecule has 1 aromatic rings. The van der Waals surface area contributed by atoms with E-state index in [1.165, 1.54) is 10.5 Å². The van der Waals surface area contributed by atoms with Gasteiger partial charge < -0.3 is 9.47 Å². The van der Waals surface area contributed by atoms with Crippen molar-refractivity contribution in [2.24, 2.45) is 0 Å². The van der Waals surface area contributed by atoms with E-state index in [1.807, 2.05) is 13.2 Å². The molecule has 1 N–H and O–H groups in total. The van der Waals surface area contributed by atoms with E-state index in [9.17, 15) is 4.79 Å². The number of nitrogens with zero attached hydrogens (tertiary/aromatic N) is 2. The minimum Gasteiger partial charge on any atom is -0.464 e. The molecule has 0 saturated heterocycles. The maximum absolute atomic E-state index is 11.8. The lowest BCUT2D eigenvalue weighted by molar-refractivity contribution is 0.0636. The highest BCUT2D eigenvalue weighted by molar-refractivity contribution is 8.02. The molecule has 0 aliphatic heterocycles. The summed E-state index contributed by atoms with van der Waals surface area (Å²) in [6.07, 6.45) is 8.65. The number of anilines is 1. The van der Waals surface area contributed by atoms with Gasteiger partial charge in [-0.15, -0.1) is 16.9 Å². The van der Waals surface area contributed by atoms with E-state index in [-0.39, 0.29) is 0 Å². The molecule has 0 spiro atoms. The van der Waals surface area contributed by atoms with Crippen molar-refractivity contribution < 1.29 is 14.3 Å². The van der Waals surface area contributed by atoms with Crippen LogP contribution >= 0.6 is 23.1 Å². The minimum atomic E-state index is -0.569. The number of allylic oxidation sites excluding steroid dienone is 3. The summed E-state index contributed by atoms with van der Waals surface area (Å²) in [5, 5.41) is 11.2. The van der Waals surface area contributed by atoms with Crippen molar-refractivity contribution in [3.63, 3.8) is 0 Å². The number of carbonyl (C=O) groups is 1.